The number of nitrogens with zero attached hydrogens (tertiary/aromatic N) is 4. The summed E-state index contributed by atoms with van der Waals surface area (Å²) in [6.45, 7) is 21.5. The number of rotatable bonds is 12. The fraction of sp³-hybridized carbons (Fsp3) is 1.00. The molecule has 0 heterocycles. The van der Waals surface area contributed by atoms with Crippen LogP contribution >= 0.6 is 0 Å². The van der Waals surface area contributed by atoms with Gasteiger partial charge in [-0.05, 0) is 13.8 Å². The molecule has 0 fully saturated rings. The van der Waals surface area contributed by atoms with Gasteiger partial charge in [0.25, 0.3) is 0 Å². The minimum Gasteiger partial charge on any atom is -0.653 e. The van der Waals surface area contributed by atoms with Crippen LogP contribution in [0.4, 0.5) is 0 Å². The van der Waals surface area contributed by atoms with Crippen molar-refractivity contribution in [2.24, 2.45) is 0 Å². The third kappa shape index (κ3) is 27.0. The Balaban J connectivity index is -0.000000173. The molecule has 0 spiro atoms. The van der Waals surface area contributed by atoms with Gasteiger partial charge in [0, 0.05) is 13.2 Å². The standard InChI is InChI=1S/2C9H20N2O.2Cu/c2*1-6-12-9(10-7(2)3)11-8(4)5;;/h2*7-9H,6H2,1-5H3;;/q2*-2;2*+2. The van der Waals surface area contributed by atoms with Crippen molar-refractivity contribution in [2.45, 2.75) is 106 Å². The molecule has 0 saturated carbocycles. The van der Waals surface area contributed by atoms with Crippen molar-refractivity contribution in [3.63, 3.8) is 0 Å². The van der Waals surface area contributed by atoms with E-state index in [1.54, 1.807) is 0 Å². The van der Waals surface area contributed by atoms with Crippen molar-refractivity contribution in [2.75, 3.05) is 13.2 Å². The minimum atomic E-state index is -0.269. The second kappa shape index (κ2) is 22.1. The molecule has 2 radical (unpaired) electrons. The molecule has 0 aliphatic heterocycles. The topological polar surface area (TPSA) is 74.9 Å². The molecule has 0 N–H and O–H groups in total. The number of hydrogen-bond donors (Lipinski definition) is 0. The average molecular weight is 472 g/mol. The summed E-state index contributed by atoms with van der Waals surface area (Å²) >= 11 is 0. The second-order valence-electron chi connectivity index (χ2n) is 6.53. The van der Waals surface area contributed by atoms with E-state index in [1.807, 2.05) is 69.2 Å². The quantitative estimate of drug-likeness (QED) is 0.341. The summed E-state index contributed by atoms with van der Waals surface area (Å²) in [7, 11) is 0. The summed E-state index contributed by atoms with van der Waals surface area (Å²) in [5.41, 5.74) is 0. The van der Waals surface area contributed by atoms with Crippen molar-refractivity contribution < 1.29 is 43.6 Å². The van der Waals surface area contributed by atoms with Crippen molar-refractivity contribution in [3.05, 3.63) is 21.3 Å². The molecule has 0 amide bonds. The molecule has 0 aliphatic rings. The molecule has 26 heavy (non-hydrogen) atoms. The zero-order valence-electron chi connectivity index (χ0n) is 18.1. The van der Waals surface area contributed by atoms with Gasteiger partial charge in [-0.25, -0.2) is 0 Å². The summed E-state index contributed by atoms with van der Waals surface area (Å²) in [5, 5.41) is 17.3. The SMILES string of the molecule is CCOC([N-]C(C)C)[N-]C(C)C.CCOC([N-]C(C)C)[N-]C(C)C.[Cu+2].[Cu+2]. The Morgan fingerprint density at radius 1 is 0.500 bits per heavy atom. The van der Waals surface area contributed by atoms with Gasteiger partial charge in [0.05, 0.1) is 0 Å². The molecular weight excluding hydrogens is 431 g/mol. The van der Waals surface area contributed by atoms with Crippen molar-refractivity contribution >= 4 is 0 Å². The largest absolute Gasteiger partial charge is 2.00 e. The predicted octanol–water partition coefficient (Wildman–Crippen LogP) is 5.74. The van der Waals surface area contributed by atoms with Crippen LogP contribution in [0.3, 0.4) is 0 Å². The Hall–Kier alpha value is 0.799. The van der Waals surface area contributed by atoms with Crippen LogP contribution in [0.25, 0.3) is 21.3 Å². The molecule has 166 valence electrons. The van der Waals surface area contributed by atoms with E-state index in [0.717, 1.165) is 0 Å². The van der Waals surface area contributed by atoms with Crippen molar-refractivity contribution in [1.82, 2.24) is 0 Å². The van der Waals surface area contributed by atoms with Crippen LogP contribution in [0.15, 0.2) is 0 Å². The fourth-order valence-corrected chi connectivity index (χ4v) is 1.57. The molecule has 0 rings (SSSR count). The molecule has 0 aromatic carbocycles. The summed E-state index contributed by atoms with van der Waals surface area (Å²) in [6.07, 6.45) is -0.537. The van der Waals surface area contributed by atoms with Gasteiger partial charge in [-0.15, -0.1) is 36.9 Å². The molecule has 0 aromatic rings. The maximum absolute atomic E-state index is 5.33. The van der Waals surface area contributed by atoms with Gasteiger partial charge in [-0.3, -0.25) is 0 Å². The molecule has 6 nitrogen and oxygen atoms in total. The van der Waals surface area contributed by atoms with E-state index in [1.165, 1.54) is 0 Å². The van der Waals surface area contributed by atoms with Gasteiger partial charge in [-0.2, -0.15) is 0 Å². The van der Waals surface area contributed by atoms with E-state index in [9.17, 15) is 0 Å². The molecule has 0 atom stereocenters. The Kier molecular flexibility index (Phi) is 29.2. The molecule has 0 bridgehead atoms. The van der Waals surface area contributed by atoms with E-state index < -0.39 is 0 Å². The Bertz CT molecular complexity index is 226. The van der Waals surface area contributed by atoms with Crippen LogP contribution < -0.4 is 0 Å². The predicted molar refractivity (Wildman–Crippen MR) is 105 cm³/mol. The first-order valence-corrected chi connectivity index (χ1v) is 9.15. The molecule has 0 unspecified atom stereocenters. The molecule has 0 saturated heterocycles. The van der Waals surface area contributed by atoms with E-state index in [2.05, 4.69) is 21.3 Å². The maximum atomic E-state index is 5.33. The molecular formula is C18H40Cu2N4O2. The first-order valence-electron chi connectivity index (χ1n) is 9.15. The van der Waals surface area contributed by atoms with Crippen LogP contribution in [-0.4, -0.2) is 50.1 Å². The zero-order valence-corrected chi connectivity index (χ0v) is 20.0. The van der Waals surface area contributed by atoms with Gasteiger partial charge >= 0.3 is 34.1 Å². The normalized spacial score (nSPS) is 11.1. The number of hydrogen-bond acceptors (Lipinski definition) is 2. The van der Waals surface area contributed by atoms with Gasteiger partial charge in [0.1, 0.15) is 0 Å². The van der Waals surface area contributed by atoms with Gasteiger partial charge in [0.2, 0.25) is 0 Å². The Labute approximate surface area is 184 Å². The maximum Gasteiger partial charge on any atom is 2.00 e. The van der Waals surface area contributed by atoms with Crippen LogP contribution in [0.1, 0.15) is 69.2 Å². The average Bonchev–Trinajstić information content (AvgIpc) is 2.36. The minimum absolute atomic E-state index is 0. The van der Waals surface area contributed by atoms with Crippen molar-refractivity contribution in [1.29, 1.82) is 0 Å². The van der Waals surface area contributed by atoms with E-state index in [-0.39, 0.29) is 71.0 Å². The first-order chi connectivity index (χ1) is 11.1. The van der Waals surface area contributed by atoms with Crippen LogP contribution in [0.2, 0.25) is 0 Å². The Morgan fingerprint density at radius 2 is 0.692 bits per heavy atom. The van der Waals surface area contributed by atoms with E-state index in [0.29, 0.717) is 13.2 Å². The second-order valence-corrected chi connectivity index (χ2v) is 6.53. The van der Waals surface area contributed by atoms with Gasteiger partial charge < -0.3 is 30.7 Å². The van der Waals surface area contributed by atoms with E-state index >= 15 is 0 Å². The van der Waals surface area contributed by atoms with Crippen LogP contribution in [0, 0.1) is 0 Å². The molecule has 8 heteroatoms. The Morgan fingerprint density at radius 3 is 0.808 bits per heavy atom. The molecule has 0 aromatic heterocycles. The summed E-state index contributed by atoms with van der Waals surface area (Å²) in [6, 6.07) is 1.13. The van der Waals surface area contributed by atoms with Crippen LogP contribution in [0.5, 0.6) is 0 Å². The molecule has 0 aliphatic carbocycles. The van der Waals surface area contributed by atoms with E-state index in [4.69, 9.17) is 9.47 Å². The van der Waals surface area contributed by atoms with Crippen LogP contribution in [-0.2, 0) is 43.6 Å². The summed E-state index contributed by atoms with van der Waals surface area (Å²) < 4.78 is 10.7. The third-order valence-electron chi connectivity index (χ3n) is 2.33. The smallest absolute Gasteiger partial charge is 0.653 e. The summed E-state index contributed by atoms with van der Waals surface area (Å²) in [5.74, 6) is 0. The monoisotopic (exact) mass is 470 g/mol. The van der Waals surface area contributed by atoms with Crippen molar-refractivity contribution in [3.8, 4) is 0 Å². The number of ether oxygens (including phenoxy) is 2. The first kappa shape index (κ1) is 34.3. The van der Waals surface area contributed by atoms with Gasteiger partial charge in [-0.1, -0.05) is 55.4 Å². The zero-order chi connectivity index (χ0) is 19.1. The van der Waals surface area contributed by atoms with Gasteiger partial charge in [0.15, 0.2) is 0 Å². The fourth-order valence-electron chi connectivity index (χ4n) is 1.57. The third-order valence-corrected chi connectivity index (χ3v) is 2.33. The summed E-state index contributed by atoms with van der Waals surface area (Å²) in [4.78, 5) is 0.